The standard InChI is InChI=1S/C7H14O.C4H6O6/c1-3-4-5-6-7(2)8;5-3(6)9-1-2-10-4(7)8/h3-6H2,1-2H3;1-2H2,(H,5,6)(H,7,8). The third-order valence-corrected chi connectivity index (χ3v) is 1.67. The van der Waals surface area contributed by atoms with Crippen LogP contribution in [0, 0.1) is 0 Å². The molecule has 0 aliphatic rings. The zero-order valence-corrected chi connectivity index (χ0v) is 10.7. The summed E-state index contributed by atoms with van der Waals surface area (Å²) in [6.45, 7) is 3.24. The number of hydrogen-bond donors (Lipinski definition) is 2. The van der Waals surface area contributed by atoms with Crippen molar-refractivity contribution >= 4 is 18.1 Å². The SMILES string of the molecule is CCCCCC(C)=O.O=C(O)OCCOC(=O)O. The van der Waals surface area contributed by atoms with Gasteiger partial charge >= 0.3 is 12.3 Å². The summed E-state index contributed by atoms with van der Waals surface area (Å²) in [7, 11) is 0. The van der Waals surface area contributed by atoms with Gasteiger partial charge in [0.25, 0.3) is 0 Å². The van der Waals surface area contributed by atoms with Crippen LogP contribution in [0.4, 0.5) is 9.59 Å². The molecule has 0 saturated heterocycles. The molecule has 0 rings (SSSR count). The average Bonchev–Trinajstić information content (AvgIpc) is 2.25. The predicted octanol–water partition coefficient (Wildman–Crippen LogP) is 2.53. The van der Waals surface area contributed by atoms with Gasteiger partial charge in [-0.05, 0) is 13.3 Å². The van der Waals surface area contributed by atoms with Gasteiger partial charge in [0.05, 0.1) is 0 Å². The first-order chi connectivity index (χ1) is 8.40. The third kappa shape index (κ3) is 23.8. The van der Waals surface area contributed by atoms with Crippen molar-refractivity contribution in [1.29, 1.82) is 0 Å². The van der Waals surface area contributed by atoms with Crippen LogP contribution in [0.3, 0.4) is 0 Å². The second kappa shape index (κ2) is 13.3. The van der Waals surface area contributed by atoms with Crippen molar-refractivity contribution in [3.05, 3.63) is 0 Å². The normalized spacial score (nSPS) is 8.78. The first-order valence-electron chi connectivity index (χ1n) is 5.61. The van der Waals surface area contributed by atoms with E-state index in [1.807, 2.05) is 0 Å². The van der Waals surface area contributed by atoms with Crippen molar-refractivity contribution in [2.75, 3.05) is 13.2 Å². The Hall–Kier alpha value is -1.79. The van der Waals surface area contributed by atoms with E-state index >= 15 is 0 Å². The van der Waals surface area contributed by atoms with Crippen molar-refractivity contribution in [3.8, 4) is 0 Å². The van der Waals surface area contributed by atoms with Gasteiger partial charge in [-0.25, -0.2) is 9.59 Å². The van der Waals surface area contributed by atoms with Gasteiger partial charge in [-0.15, -0.1) is 0 Å². The molecule has 7 heteroatoms. The van der Waals surface area contributed by atoms with Crippen LogP contribution in [0.2, 0.25) is 0 Å². The Labute approximate surface area is 106 Å². The summed E-state index contributed by atoms with van der Waals surface area (Å²) in [6.07, 6.45) is 1.34. The Morgan fingerprint density at radius 1 is 0.944 bits per heavy atom. The van der Waals surface area contributed by atoms with Gasteiger partial charge in [0, 0.05) is 6.42 Å². The number of hydrogen-bond acceptors (Lipinski definition) is 5. The minimum atomic E-state index is -1.45. The zero-order valence-electron chi connectivity index (χ0n) is 10.7. The van der Waals surface area contributed by atoms with Gasteiger partial charge in [0.2, 0.25) is 0 Å². The molecule has 0 aromatic rings. The van der Waals surface area contributed by atoms with E-state index < -0.39 is 12.3 Å². The second-order valence-electron chi connectivity index (χ2n) is 3.39. The molecule has 0 heterocycles. The Bertz CT molecular complexity index is 234. The lowest BCUT2D eigenvalue weighted by atomic mass is 10.2. The Morgan fingerprint density at radius 3 is 1.67 bits per heavy atom. The van der Waals surface area contributed by atoms with Crippen LogP contribution in [0.1, 0.15) is 39.5 Å². The van der Waals surface area contributed by atoms with Crippen molar-refractivity contribution < 1.29 is 34.1 Å². The summed E-state index contributed by atoms with van der Waals surface area (Å²) in [5.74, 6) is 0.318. The highest BCUT2D eigenvalue weighted by Gasteiger charge is 1.98. The summed E-state index contributed by atoms with van der Waals surface area (Å²) in [6, 6.07) is 0. The summed E-state index contributed by atoms with van der Waals surface area (Å²) < 4.78 is 7.84. The minimum absolute atomic E-state index is 0.276. The van der Waals surface area contributed by atoms with Crippen LogP contribution in [0.15, 0.2) is 0 Å². The van der Waals surface area contributed by atoms with Gasteiger partial charge in [-0.2, -0.15) is 0 Å². The van der Waals surface area contributed by atoms with Gasteiger partial charge < -0.3 is 24.5 Å². The molecule has 0 atom stereocenters. The van der Waals surface area contributed by atoms with Crippen LogP contribution in [-0.4, -0.2) is 41.5 Å². The number of ether oxygens (including phenoxy) is 2. The largest absolute Gasteiger partial charge is 0.505 e. The second-order valence-corrected chi connectivity index (χ2v) is 3.39. The first kappa shape index (κ1) is 18.6. The smallest absolute Gasteiger partial charge is 0.450 e. The number of ketones is 1. The number of carbonyl (C=O) groups excluding carboxylic acids is 1. The summed E-state index contributed by atoms with van der Waals surface area (Å²) >= 11 is 0. The maximum atomic E-state index is 10.3. The van der Waals surface area contributed by atoms with E-state index in [4.69, 9.17) is 10.2 Å². The topological polar surface area (TPSA) is 110 Å². The van der Waals surface area contributed by atoms with Gasteiger partial charge in [-0.1, -0.05) is 19.8 Å². The lowest BCUT2D eigenvalue weighted by Crippen LogP contribution is -2.10. The number of carbonyl (C=O) groups is 3. The van der Waals surface area contributed by atoms with Crippen LogP contribution >= 0.6 is 0 Å². The van der Waals surface area contributed by atoms with Gasteiger partial charge in [0.15, 0.2) is 0 Å². The molecule has 0 aromatic carbocycles. The van der Waals surface area contributed by atoms with Crippen LogP contribution in [0.25, 0.3) is 0 Å². The first-order valence-corrected chi connectivity index (χ1v) is 5.61. The molecule has 18 heavy (non-hydrogen) atoms. The van der Waals surface area contributed by atoms with Crippen LogP contribution in [0.5, 0.6) is 0 Å². The Kier molecular flexibility index (Phi) is 13.7. The van der Waals surface area contributed by atoms with E-state index in [-0.39, 0.29) is 13.2 Å². The number of unbranched alkanes of at least 4 members (excludes halogenated alkanes) is 2. The van der Waals surface area contributed by atoms with Crippen LogP contribution < -0.4 is 0 Å². The molecule has 0 amide bonds. The molecule has 0 aliphatic heterocycles. The molecule has 0 bridgehead atoms. The Balaban J connectivity index is 0. The highest BCUT2D eigenvalue weighted by molar-refractivity contribution is 5.75. The third-order valence-electron chi connectivity index (χ3n) is 1.67. The van der Waals surface area contributed by atoms with Crippen molar-refractivity contribution in [2.45, 2.75) is 39.5 Å². The maximum absolute atomic E-state index is 10.3. The fraction of sp³-hybridized carbons (Fsp3) is 0.727. The Morgan fingerprint density at radius 2 is 1.39 bits per heavy atom. The summed E-state index contributed by atoms with van der Waals surface area (Å²) in [5, 5.41) is 15.7. The molecule has 0 unspecified atom stereocenters. The fourth-order valence-corrected chi connectivity index (χ4v) is 0.882. The monoisotopic (exact) mass is 264 g/mol. The molecule has 0 radical (unpaired) electrons. The minimum Gasteiger partial charge on any atom is -0.450 e. The van der Waals surface area contributed by atoms with Gasteiger partial charge in [0.1, 0.15) is 19.0 Å². The molecular weight excluding hydrogens is 244 g/mol. The molecule has 0 saturated carbocycles. The van der Waals surface area contributed by atoms with E-state index in [0.29, 0.717) is 5.78 Å². The lowest BCUT2D eigenvalue weighted by molar-refractivity contribution is -0.117. The summed E-state index contributed by atoms with van der Waals surface area (Å²) in [5.41, 5.74) is 0. The van der Waals surface area contributed by atoms with E-state index in [1.165, 1.54) is 12.8 Å². The summed E-state index contributed by atoms with van der Waals surface area (Å²) in [4.78, 5) is 29.6. The average molecular weight is 264 g/mol. The molecule has 0 aliphatic carbocycles. The van der Waals surface area contributed by atoms with E-state index in [1.54, 1.807) is 6.92 Å². The van der Waals surface area contributed by atoms with E-state index in [0.717, 1.165) is 12.8 Å². The van der Waals surface area contributed by atoms with Gasteiger partial charge in [-0.3, -0.25) is 0 Å². The molecule has 2 N–H and O–H groups in total. The van der Waals surface area contributed by atoms with E-state index in [9.17, 15) is 14.4 Å². The highest BCUT2D eigenvalue weighted by Crippen LogP contribution is 1.98. The maximum Gasteiger partial charge on any atom is 0.505 e. The molecule has 0 spiro atoms. The quantitative estimate of drug-likeness (QED) is 0.537. The predicted molar refractivity (Wildman–Crippen MR) is 62.8 cm³/mol. The molecule has 0 fully saturated rings. The van der Waals surface area contributed by atoms with Crippen molar-refractivity contribution in [3.63, 3.8) is 0 Å². The fourth-order valence-electron chi connectivity index (χ4n) is 0.882. The lowest BCUT2D eigenvalue weighted by Gasteiger charge is -1.98. The van der Waals surface area contributed by atoms with E-state index in [2.05, 4.69) is 16.4 Å². The van der Waals surface area contributed by atoms with Crippen LogP contribution in [-0.2, 0) is 14.3 Å². The number of carboxylic acid groups (broad SMARTS) is 2. The molecule has 106 valence electrons. The molecule has 0 aromatic heterocycles. The number of rotatable bonds is 7. The van der Waals surface area contributed by atoms with Crippen molar-refractivity contribution in [2.24, 2.45) is 0 Å². The number of Topliss-reactive ketones (excluding diaryl/α,β-unsaturated/α-hetero) is 1. The molecule has 7 nitrogen and oxygen atoms in total. The zero-order chi connectivity index (χ0) is 14.4. The molecular formula is C11H20O7. The highest BCUT2D eigenvalue weighted by atomic mass is 16.7. The van der Waals surface area contributed by atoms with Crippen molar-refractivity contribution in [1.82, 2.24) is 0 Å².